The van der Waals surface area contributed by atoms with Gasteiger partial charge in [-0.2, -0.15) is 0 Å². The zero-order chi connectivity index (χ0) is 25.4. The Balaban J connectivity index is 1.29. The number of H-pyrrole nitrogens is 1. The Labute approximate surface area is 204 Å². The van der Waals surface area contributed by atoms with Crippen LogP contribution < -0.4 is 10.4 Å². The fourth-order valence-corrected chi connectivity index (χ4v) is 4.93. The van der Waals surface area contributed by atoms with Gasteiger partial charge in [0.15, 0.2) is 5.65 Å². The summed E-state index contributed by atoms with van der Waals surface area (Å²) in [5, 5.41) is 9.76. The lowest BCUT2D eigenvalue weighted by molar-refractivity contribution is -0.274. The molecule has 8 nitrogen and oxygen atoms in total. The SMILES string of the molecule is O=C(c1ccc(OC(F)(F)F)cc1)N1CCC(n2c(=O)[nH]c3ncc(C4=CCC(O)CC4)cc32)CC1. The van der Waals surface area contributed by atoms with Crippen LogP contribution in [0.5, 0.6) is 5.75 Å². The van der Waals surface area contributed by atoms with E-state index in [1.54, 1.807) is 15.7 Å². The molecule has 0 radical (unpaired) electrons. The third kappa shape index (κ3) is 5.01. The summed E-state index contributed by atoms with van der Waals surface area (Å²) in [6, 6.07) is 6.68. The number of allylic oxidation sites excluding steroid dienone is 1. The molecule has 1 fully saturated rings. The maximum absolute atomic E-state index is 12.9. The topological polar surface area (TPSA) is 100 Å². The highest BCUT2D eigenvalue weighted by molar-refractivity contribution is 5.94. The van der Waals surface area contributed by atoms with Crippen molar-refractivity contribution in [3.63, 3.8) is 0 Å². The fraction of sp³-hybridized carbons (Fsp3) is 0.400. The summed E-state index contributed by atoms with van der Waals surface area (Å²) < 4.78 is 42.6. The van der Waals surface area contributed by atoms with Crippen LogP contribution in [0.25, 0.3) is 16.7 Å². The maximum atomic E-state index is 12.9. The number of halogens is 3. The summed E-state index contributed by atoms with van der Waals surface area (Å²) in [7, 11) is 0. The molecule has 2 aromatic heterocycles. The predicted molar refractivity (Wildman–Crippen MR) is 125 cm³/mol. The molecule has 190 valence electrons. The molecule has 0 saturated carbocycles. The van der Waals surface area contributed by atoms with Crippen molar-refractivity contribution in [1.82, 2.24) is 19.4 Å². The average Bonchev–Trinajstić information content (AvgIpc) is 3.18. The number of carbonyl (C=O) groups excluding carboxylic acids is 1. The Bertz CT molecular complexity index is 1350. The van der Waals surface area contributed by atoms with E-state index in [0.29, 0.717) is 49.9 Å². The van der Waals surface area contributed by atoms with Gasteiger partial charge in [-0.25, -0.2) is 9.78 Å². The number of aliphatic hydroxyl groups excluding tert-OH is 1. The third-order valence-corrected chi connectivity index (χ3v) is 6.78. The van der Waals surface area contributed by atoms with Crippen LogP contribution in [0, 0.1) is 0 Å². The van der Waals surface area contributed by atoms with Gasteiger partial charge in [-0.15, -0.1) is 13.2 Å². The minimum absolute atomic E-state index is 0.128. The van der Waals surface area contributed by atoms with Gasteiger partial charge in [-0.05, 0) is 73.6 Å². The highest BCUT2D eigenvalue weighted by Crippen LogP contribution is 2.30. The van der Waals surface area contributed by atoms with Crippen molar-refractivity contribution in [1.29, 1.82) is 0 Å². The molecular weight excluding hydrogens is 477 g/mol. The number of carbonyl (C=O) groups is 1. The van der Waals surface area contributed by atoms with Crippen LogP contribution in [0.15, 0.2) is 47.4 Å². The number of hydrogen-bond donors (Lipinski definition) is 2. The molecule has 3 heterocycles. The smallest absolute Gasteiger partial charge is 0.406 e. The third-order valence-electron chi connectivity index (χ3n) is 6.78. The Kier molecular flexibility index (Phi) is 6.33. The van der Waals surface area contributed by atoms with Gasteiger partial charge in [0.2, 0.25) is 0 Å². The number of piperidine rings is 1. The van der Waals surface area contributed by atoms with E-state index >= 15 is 0 Å². The van der Waals surface area contributed by atoms with Crippen LogP contribution in [-0.4, -0.2) is 56.0 Å². The predicted octanol–water partition coefficient (Wildman–Crippen LogP) is 4.03. The fourth-order valence-electron chi connectivity index (χ4n) is 4.93. The van der Waals surface area contributed by atoms with E-state index in [1.807, 2.05) is 12.1 Å². The van der Waals surface area contributed by atoms with Crippen LogP contribution in [0.3, 0.4) is 0 Å². The van der Waals surface area contributed by atoms with E-state index in [1.165, 1.54) is 12.1 Å². The van der Waals surface area contributed by atoms with E-state index < -0.39 is 6.36 Å². The summed E-state index contributed by atoms with van der Waals surface area (Å²) >= 11 is 0. The lowest BCUT2D eigenvalue weighted by Gasteiger charge is -2.32. The molecule has 11 heteroatoms. The van der Waals surface area contributed by atoms with Crippen LogP contribution in [0.2, 0.25) is 0 Å². The number of imidazole rings is 1. The standard InChI is InChI=1S/C25H25F3N4O4/c26-25(27,28)36-20-7-3-16(4-8-20)23(34)31-11-9-18(10-12-31)32-21-13-17(14-29-22(21)30-24(32)35)15-1-5-19(33)6-2-15/h1,3-4,7-8,13-14,18-19,33H,2,5-6,9-12H2,(H,29,30,35). The second kappa shape index (κ2) is 9.45. The lowest BCUT2D eigenvalue weighted by Crippen LogP contribution is -2.40. The van der Waals surface area contributed by atoms with Gasteiger partial charge >= 0.3 is 12.1 Å². The van der Waals surface area contributed by atoms with Crippen molar-refractivity contribution in [2.45, 2.75) is 50.6 Å². The van der Waals surface area contributed by atoms with Crippen molar-refractivity contribution < 1.29 is 27.8 Å². The van der Waals surface area contributed by atoms with E-state index in [9.17, 15) is 27.9 Å². The monoisotopic (exact) mass is 502 g/mol. The highest BCUT2D eigenvalue weighted by Gasteiger charge is 2.31. The largest absolute Gasteiger partial charge is 0.573 e. The number of likely N-dealkylation sites (tertiary alicyclic amines) is 1. The minimum Gasteiger partial charge on any atom is -0.406 e. The lowest BCUT2D eigenvalue weighted by atomic mass is 9.93. The van der Waals surface area contributed by atoms with Gasteiger partial charge in [0.1, 0.15) is 5.75 Å². The van der Waals surface area contributed by atoms with E-state index in [-0.39, 0.29) is 35.1 Å². The Morgan fingerprint density at radius 1 is 1.14 bits per heavy atom. The maximum Gasteiger partial charge on any atom is 0.573 e. The van der Waals surface area contributed by atoms with E-state index in [2.05, 4.69) is 14.7 Å². The molecule has 1 saturated heterocycles. The van der Waals surface area contributed by atoms with Crippen molar-refractivity contribution in [3.8, 4) is 5.75 Å². The number of alkyl halides is 3. The molecular formula is C25H25F3N4O4. The summed E-state index contributed by atoms with van der Waals surface area (Å²) in [5.41, 5.74) is 3.24. The number of aliphatic hydroxyl groups is 1. The molecule has 1 aliphatic heterocycles. The van der Waals surface area contributed by atoms with Crippen LogP contribution in [-0.2, 0) is 0 Å². The molecule has 0 bridgehead atoms. The van der Waals surface area contributed by atoms with E-state index in [4.69, 9.17) is 0 Å². The summed E-state index contributed by atoms with van der Waals surface area (Å²) in [6.07, 6.45) is 1.75. The van der Waals surface area contributed by atoms with Crippen molar-refractivity contribution in [2.75, 3.05) is 13.1 Å². The molecule has 1 aromatic carbocycles. The number of fused-ring (bicyclic) bond motifs is 1. The second-order valence-corrected chi connectivity index (χ2v) is 9.14. The zero-order valence-electron chi connectivity index (χ0n) is 19.3. The second-order valence-electron chi connectivity index (χ2n) is 9.14. The summed E-state index contributed by atoms with van der Waals surface area (Å²) in [5.74, 6) is -0.668. The first-order valence-corrected chi connectivity index (χ1v) is 11.8. The van der Waals surface area contributed by atoms with Crippen LogP contribution in [0.4, 0.5) is 13.2 Å². The number of rotatable bonds is 4. The van der Waals surface area contributed by atoms with Gasteiger partial charge in [0.05, 0.1) is 11.6 Å². The quantitative estimate of drug-likeness (QED) is 0.561. The molecule has 1 amide bonds. The molecule has 2 aliphatic rings. The average molecular weight is 502 g/mol. The molecule has 1 atom stereocenters. The first kappa shape index (κ1) is 24.1. The van der Waals surface area contributed by atoms with Crippen molar-refractivity contribution in [3.05, 3.63) is 64.2 Å². The van der Waals surface area contributed by atoms with Crippen molar-refractivity contribution in [2.24, 2.45) is 0 Å². The number of amides is 1. The first-order chi connectivity index (χ1) is 17.2. The normalized spacial score (nSPS) is 19.4. The van der Waals surface area contributed by atoms with Gasteiger partial charge in [0.25, 0.3) is 5.91 Å². The van der Waals surface area contributed by atoms with Gasteiger partial charge in [-0.3, -0.25) is 14.3 Å². The van der Waals surface area contributed by atoms with E-state index in [0.717, 1.165) is 29.7 Å². The zero-order valence-corrected chi connectivity index (χ0v) is 19.3. The molecule has 3 aromatic rings. The number of pyridine rings is 1. The Hall–Kier alpha value is -3.60. The molecule has 1 unspecified atom stereocenters. The number of hydrogen-bond acceptors (Lipinski definition) is 5. The van der Waals surface area contributed by atoms with Gasteiger partial charge in [0, 0.05) is 30.9 Å². The molecule has 1 aliphatic carbocycles. The number of benzene rings is 1. The first-order valence-electron chi connectivity index (χ1n) is 11.8. The Morgan fingerprint density at radius 2 is 1.86 bits per heavy atom. The Morgan fingerprint density at radius 3 is 2.50 bits per heavy atom. The summed E-state index contributed by atoms with van der Waals surface area (Å²) in [6.45, 7) is 0.805. The molecule has 5 rings (SSSR count). The highest BCUT2D eigenvalue weighted by atomic mass is 19.4. The van der Waals surface area contributed by atoms with Crippen LogP contribution >= 0.6 is 0 Å². The number of ether oxygens (including phenoxy) is 1. The summed E-state index contributed by atoms with van der Waals surface area (Å²) in [4.78, 5) is 34.5. The minimum atomic E-state index is -4.79. The number of aromatic nitrogens is 3. The van der Waals surface area contributed by atoms with Crippen molar-refractivity contribution >= 4 is 22.6 Å². The molecule has 36 heavy (non-hydrogen) atoms. The number of nitrogens with one attached hydrogen (secondary N) is 1. The molecule has 0 spiro atoms. The van der Waals surface area contributed by atoms with Gasteiger partial charge in [-0.1, -0.05) is 6.08 Å². The van der Waals surface area contributed by atoms with Gasteiger partial charge < -0.3 is 14.7 Å². The number of nitrogens with zero attached hydrogens (tertiary/aromatic N) is 3. The molecule has 2 N–H and O–H groups in total. The van der Waals surface area contributed by atoms with Crippen LogP contribution in [0.1, 0.15) is 54.1 Å². The number of aromatic amines is 1.